The minimum atomic E-state index is 0.0508. The van der Waals surface area contributed by atoms with Gasteiger partial charge in [0.1, 0.15) is 12.4 Å². The molecular weight excluding hydrogens is 236 g/mol. The summed E-state index contributed by atoms with van der Waals surface area (Å²) in [6.07, 6.45) is 1.81. The highest BCUT2D eigenvalue weighted by Crippen LogP contribution is 2.04. The molecule has 0 atom stereocenters. The summed E-state index contributed by atoms with van der Waals surface area (Å²) in [5.41, 5.74) is 0. The summed E-state index contributed by atoms with van der Waals surface area (Å²) in [5, 5.41) is 6.88. The normalized spacial score (nSPS) is 10.9. The molecule has 0 aliphatic rings. The second kappa shape index (κ2) is 5.95. The van der Waals surface area contributed by atoms with Crippen LogP contribution in [0.5, 0.6) is 0 Å². The molecular formula is C11H20N4OS. The molecule has 0 saturated heterocycles. The molecule has 96 valence electrons. The van der Waals surface area contributed by atoms with Gasteiger partial charge in [-0.05, 0) is 32.5 Å². The molecule has 1 rings (SSSR count). The Kier molecular flexibility index (Phi) is 4.86. The van der Waals surface area contributed by atoms with E-state index < -0.39 is 0 Å². The number of aromatic nitrogens is 3. The molecule has 5 nitrogen and oxygen atoms in total. The third-order valence-electron chi connectivity index (χ3n) is 2.77. The second-order valence-corrected chi connectivity index (χ2v) is 4.77. The standard InChI is InChI=1S/C11H20N4OS/c1-5-6-9-12-13-11(17)15(9)7-10(16)14(4)8(2)3/h8H,5-7H2,1-4H3,(H,13,17). The lowest BCUT2D eigenvalue weighted by Gasteiger charge is -2.21. The van der Waals surface area contributed by atoms with Crippen molar-refractivity contribution in [2.45, 2.75) is 46.2 Å². The van der Waals surface area contributed by atoms with E-state index in [9.17, 15) is 4.79 Å². The van der Waals surface area contributed by atoms with E-state index in [1.807, 2.05) is 13.8 Å². The maximum atomic E-state index is 12.0. The minimum Gasteiger partial charge on any atom is -0.342 e. The summed E-state index contributed by atoms with van der Waals surface area (Å²) in [5.74, 6) is 0.901. The number of likely N-dealkylation sites (N-methyl/N-ethyl adjacent to an activating group) is 1. The lowest BCUT2D eigenvalue weighted by Crippen LogP contribution is -2.35. The van der Waals surface area contributed by atoms with E-state index in [0.717, 1.165) is 18.7 Å². The first-order chi connectivity index (χ1) is 7.97. The lowest BCUT2D eigenvalue weighted by molar-refractivity contribution is -0.132. The number of hydrogen-bond donors (Lipinski definition) is 1. The monoisotopic (exact) mass is 256 g/mol. The predicted octanol–water partition coefficient (Wildman–Crippen LogP) is 1.76. The summed E-state index contributed by atoms with van der Waals surface area (Å²) < 4.78 is 2.29. The number of nitrogens with zero attached hydrogens (tertiary/aromatic N) is 3. The van der Waals surface area contributed by atoms with Crippen LogP contribution in [-0.4, -0.2) is 38.7 Å². The molecule has 0 unspecified atom stereocenters. The molecule has 1 N–H and O–H groups in total. The van der Waals surface area contributed by atoms with E-state index in [0.29, 0.717) is 4.77 Å². The zero-order chi connectivity index (χ0) is 13.0. The maximum Gasteiger partial charge on any atom is 0.242 e. The molecule has 0 aromatic carbocycles. The Labute approximate surface area is 107 Å². The number of carbonyl (C=O) groups is 1. The first kappa shape index (κ1) is 13.9. The van der Waals surface area contributed by atoms with E-state index >= 15 is 0 Å². The number of nitrogens with one attached hydrogen (secondary N) is 1. The largest absolute Gasteiger partial charge is 0.342 e. The van der Waals surface area contributed by atoms with Crippen molar-refractivity contribution in [3.05, 3.63) is 10.6 Å². The van der Waals surface area contributed by atoms with Crippen molar-refractivity contribution in [3.8, 4) is 0 Å². The Hall–Kier alpha value is -1.17. The van der Waals surface area contributed by atoms with Crippen LogP contribution in [0.2, 0.25) is 0 Å². The Morgan fingerprint density at radius 2 is 2.24 bits per heavy atom. The van der Waals surface area contributed by atoms with E-state index in [1.165, 1.54) is 0 Å². The molecule has 0 spiro atoms. The number of aromatic amines is 1. The zero-order valence-electron chi connectivity index (χ0n) is 10.9. The lowest BCUT2D eigenvalue weighted by atomic mass is 10.3. The number of carbonyl (C=O) groups excluding carboxylic acids is 1. The quantitative estimate of drug-likeness (QED) is 0.817. The maximum absolute atomic E-state index is 12.0. The molecule has 1 aromatic heterocycles. The molecule has 0 bridgehead atoms. The Bertz CT molecular complexity index is 435. The molecule has 0 saturated carbocycles. The van der Waals surface area contributed by atoms with E-state index in [4.69, 9.17) is 12.2 Å². The van der Waals surface area contributed by atoms with E-state index in [2.05, 4.69) is 17.1 Å². The van der Waals surface area contributed by atoms with Gasteiger partial charge in [0, 0.05) is 19.5 Å². The Balaban J connectivity index is 2.84. The van der Waals surface area contributed by atoms with E-state index in [-0.39, 0.29) is 18.5 Å². The van der Waals surface area contributed by atoms with Gasteiger partial charge in [-0.3, -0.25) is 14.5 Å². The summed E-state index contributed by atoms with van der Waals surface area (Å²) >= 11 is 5.13. The van der Waals surface area contributed by atoms with Crippen LogP contribution >= 0.6 is 12.2 Å². The number of rotatable bonds is 5. The van der Waals surface area contributed by atoms with Gasteiger partial charge in [-0.1, -0.05) is 6.92 Å². The summed E-state index contributed by atoms with van der Waals surface area (Å²) in [7, 11) is 1.80. The van der Waals surface area contributed by atoms with Crippen molar-refractivity contribution >= 4 is 18.1 Å². The minimum absolute atomic E-state index is 0.0508. The fraction of sp³-hybridized carbons (Fsp3) is 0.727. The summed E-state index contributed by atoms with van der Waals surface area (Å²) in [4.78, 5) is 13.7. The van der Waals surface area contributed by atoms with Crippen LogP contribution < -0.4 is 0 Å². The molecule has 6 heteroatoms. The van der Waals surface area contributed by atoms with Gasteiger partial charge in [-0.25, -0.2) is 0 Å². The van der Waals surface area contributed by atoms with E-state index in [1.54, 1.807) is 16.5 Å². The zero-order valence-corrected chi connectivity index (χ0v) is 11.7. The predicted molar refractivity (Wildman–Crippen MR) is 69.3 cm³/mol. The van der Waals surface area contributed by atoms with Gasteiger partial charge in [0.15, 0.2) is 4.77 Å². The number of aryl methyl sites for hydroxylation is 1. The van der Waals surface area contributed by atoms with Gasteiger partial charge in [-0.2, -0.15) is 5.10 Å². The van der Waals surface area contributed by atoms with Gasteiger partial charge in [0.25, 0.3) is 0 Å². The molecule has 0 aliphatic carbocycles. The third-order valence-corrected chi connectivity index (χ3v) is 3.08. The molecule has 1 heterocycles. The van der Waals surface area contributed by atoms with Crippen LogP contribution in [-0.2, 0) is 17.8 Å². The average molecular weight is 256 g/mol. The van der Waals surface area contributed by atoms with Gasteiger partial charge in [0.05, 0.1) is 0 Å². The van der Waals surface area contributed by atoms with Crippen molar-refractivity contribution < 1.29 is 4.79 Å². The highest BCUT2D eigenvalue weighted by atomic mass is 32.1. The van der Waals surface area contributed by atoms with Crippen LogP contribution in [0, 0.1) is 4.77 Å². The molecule has 0 fully saturated rings. The van der Waals surface area contributed by atoms with Crippen molar-refractivity contribution in [1.29, 1.82) is 0 Å². The molecule has 0 radical (unpaired) electrons. The second-order valence-electron chi connectivity index (χ2n) is 4.38. The van der Waals surface area contributed by atoms with Crippen molar-refractivity contribution in [2.75, 3.05) is 7.05 Å². The van der Waals surface area contributed by atoms with Crippen LogP contribution in [0.3, 0.4) is 0 Å². The third kappa shape index (κ3) is 3.39. The highest BCUT2D eigenvalue weighted by Gasteiger charge is 2.15. The molecule has 1 amide bonds. The fourth-order valence-electron chi connectivity index (χ4n) is 1.46. The van der Waals surface area contributed by atoms with Crippen LogP contribution in [0.15, 0.2) is 0 Å². The van der Waals surface area contributed by atoms with Gasteiger partial charge in [-0.15, -0.1) is 0 Å². The van der Waals surface area contributed by atoms with Gasteiger partial charge in [0.2, 0.25) is 5.91 Å². The van der Waals surface area contributed by atoms with Crippen molar-refractivity contribution in [2.24, 2.45) is 0 Å². The average Bonchev–Trinajstić information content (AvgIpc) is 2.60. The Morgan fingerprint density at radius 3 is 2.76 bits per heavy atom. The first-order valence-corrected chi connectivity index (χ1v) is 6.28. The molecule has 1 aromatic rings. The highest BCUT2D eigenvalue weighted by molar-refractivity contribution is 7.71. The number of amides is 1. The Morgan fingerprint density at radius 1 is 1.59 bits per heavy atom. The van der Waals surface area contributed by atoms with Crippen molar-refractivity contribution in [3.63, 3.8) is 0 Å². The van der Waals surface area contributed by atoms with Crippen molar-refractivity contribution in [1.82, 2.24) is 19.7 Å². The topological polar surface area (TPSA) is 53.9 Å². The number of hydrogen-bond acceptors (Lipinski definition) is 3. The SMILES string of the molecule is CCCc1n[nH]c(=S)n1CC(=O)N(C)C(C)C. The molecule has 17 heavy (non-hydrogen) atoms. The summed E-state index contributed by atoms with van der Waals surface area (Å²) in [6.45, 7) is 6.31. The first-order valence-electron chi connectivity index (χ1n) is 5.87. The van der Waals surface area contributed by atoms with Gasteiger partial charge >= 0.3 is 0 Å². The van der Waals surface area contributed by atoms with Gasteiger partial charge < -0.3 is 4.90 Å². The smallest absolute Gasteiger partial charge is 0.242 e. The van der Waals surface area contributed by atoms with Crippen LogP contribution in [0.4, 0.5) is 0 Å². The number of H-pyrrole nitrogens is 1. The summed E-state index contributed by atoms with van der Waals surface area (Å²) in [6, 6.07) is 0.193. The molecule has 0 aliphatic heterocycles. The fourth-order valence-corrected chi connectivity index (χ4v) is 1.68. The van der Waals surface area contributed by atoms with Crippen LogP contribution in [0.1, 0.15) is 33.0 Å². The van der Waals surface area contributed by atoms with Crippen LogP contribution in [0.25, 0.3) is 0 Å².